The summed E-state index contributed by atoms with van der Waals surface area (Å²) in [7, 11) is 1.24. The number of esters is 1. The third-order valence-electron chi connectivity index (χ3n) is 2.68. The standard InChI is InChI=1S/C13H17Cl2NO3/c1-13(18,12(17)19-2)8-16-6-5-9-3-4-10(14)7-11(9)15/h3-4,7,16,18H,5-6,8H2,1-2H3. The van der Waals surface area contributed by atoms with Crippen LogP contribution in [-0.2, 0) is 16.0 Å². The first-order chi connectivity index (χ1) is 8.86. The lowest BCUT2D eigenvalue weighted by atomic mass is 10.1. The summed E-state index contributed by atoms with van der Waals surface area (Å²) >= 11 is 11.8. The van der Waals surface area contributed by atoms with Crippen LogP contribution < -0.4 is 5.32 Å². The maximum Gasteiger partial charge on any atom is 0.338 e. The Balaban J connectivity index is 2.41. The fraction of sp³-hybridized carbons (Fsp3) is 0.462. The molecule has 0 spiro atoms. The molecule has 0 fully saturated rings. The van der Waals surface area contributed by atoms with Gasteiger partial charge in [0.05, 0.1) is 7.11 Å². The van der Waals surface area contributed by atoms with Crippen molar-refractivity contribution in [1.29, 1.82) is 0 Å². The van der Waals surface area contributed by atoms with E-state index in [0.29, 0.717) is 23.0 Å². The summed E-state index contributed by atoms with van der Waals surface area (Å²) < 4.78 is 4.50. The number of benzene rings is 1. The number of halogens is 2. The summed E-state index contributed by atoms with van der Waals surface area (Å²) in [5, 5.41) is 14.0. The van der Waals surface area contributed by atoms with Crippen molar-refractivity contribution >= 4 is 29.2 Å². The van der Waals surface area contributed by atoms with Crippen molar-refractivity contribution in [3.63, 3.8) is 0 Å². The summed E-state index contributed by atoms with van der Waals surface area (Å²) in [6, 6.07) is 5.31. The van der Waals surface area contributed by atoms with Gasteiger partial charge in [0.2, 0.25) is 0 Å². The summed E-state index contributed by atoms with van der Waals surface area (Å²) in [6.45, 7) is 2.10. The zero-order valence-corrected chi connectivity index (χ0v) is 12.4. The molecule has 4 nitrogen and oxygen atoms in total. The molecule has 1 aromatic carbocycles. The van der Waals surface area contributed by atoms with Gasteiger partial charge in [-0.05, 0) is 37.6 Å². The SMILES string of the molecule is COC(=O)C(C)(O)CNCCc1ccc(Cl)cc1Cl. The Hall–Kier alpha value is -0.810. The van der Waals surface area contributed by atoms with Crippen LogP contribution >= 0.6 is 23.2 Å². The highest BCUT2D eigenvalue weighted by molar-refractivity contribution is 6.35. The number of nitrogens with one attached hydrogen (secondary N) is 1. The van der Waals surface area contributed by atoms with Gasteiger partial charge in [-0.3, -0.25) is 0 Å². The highest BCUT2D eigenvalue weighted by atomic mass is 35.5. The number of ether oxygens (including phenoxy) is 1. The van der Waals surface area contributed by atoms with Crippen LogP contribution in [0.4, 0.5) is 0 Å². The lowest BCUT2D eigenvalue weighted by molar-refractivity contribution is -0.159. The molecule has 0 amide bonds. The molecule has 0 saturated heterocycles. The largest absolute Gasteiger partial charge is 0.467 e. The Morgan fingerprint density at radius 3 is 2.74 bits per heavy atom. The lowest BCUT2D eigenvalue weighted by Crippen LogP contribution is -2.46. The fourth-order valence-corrected chi connectivity index (χ4v) is 2.07. The number of carbonyl (C=O) groups excluding carboxylic acids is 1. The minimum absolute atomic E-state index is 0.116. The smallest absolute Gasteiger partial charge is 0.338 e. The normalized spacial score (nSPS) is 13.9. The van der Waals surface area contributed by atoms with Crippen molar-refractivity contribution in [2.24, 2.45) is 0 Å². The topological polar surface area (TPSA) is 58.6 Å². The molecule has 0 aliphatic carbocycles. The van der Waals surface area contributed by atoms with Gasteiger partial charge in [0, 0.05) is 16.6 Å². The number of hydrogen-bond donors (Lipinski definition) is 2. The van der Waals surface area contributed by atoms with Crippen molar-refractivity contribution in [1.82, 2.24) is 5.32 Å². The Kier molecular flexibility index (Phi) is 6.07. The molecule has 1 unspecified atom stereocenters. The minimum atomic E-state index is -1.53. The zero-order chi connectivity index (χ0) is 14.5. The number of aliphatic hydroxyl groups is 1. The number of methoxy groups -OCH3 is 1. The average Bonchev–Trinajstić information content (AvgIpc) is 2.35. The molecule has 1 aromatic rings. The maximum atomic E-state index is 11.2. The van der Waals surface area contributed by atoms with E-state index in [-0.39, 0.29) is 6.54 Å². The van der Waals surface area contributed by atoms with Crippen LogP contribution in [0.25, 0.3) is 0 Å². The molecular formula is C13H17Cl2NO3. The number of carbonyl (C=O) groups is 1. The highest BCUT2D eigenvalue weighted by Crippen LogP contribution is 2.21. The van der Waals surface area contributed by atoms with Crippen LogP contribution in [0.1, 0.15) is 12.5 Å². The zero-order valence-electron chi connectivity index (χ0n) is 10.9. The van der Waals surface area contributed by atoms with Gasteiger partial charge in [-0.25, -0.2) is 4.79 Å². The predicted molar refractivity (Wildman–Crippen MR) is 75.7 cm³/mol. The molecule has 0 aliphatic heterocycles. The molecule has 1 atom stereocenters. The van der Waals surface area contributed by atoms with Gasteiger partial charge in [0.25, 0.3) is 0 Å². The molecule has 0 bridgehead atoms. The van der Waals surface area contributed by atoms with Crippen molar-refractivity contribution in [3.8, 4) is 0 Å². The second-order valence-corrected chi connectivity index (χ2v) is 5.27. The maximum absolute atomic E-state index is 11.2. The number of hydrogen-bond acceptors (Lipinski definition) is 4. The first-order valence-electron chi connectivity index (χ1n) is 5.82. The van der Waals surface area contributed by atoms with Gasteiger partial charge in [-0.2, -0.15) is 0 Å². The van der Waals surface area contributed by atoms with Crippen LogP contribution in [0.2, 0.25) is 10.0 Å². The van der Waals surface area contributed by atoms with Gasteiger partial charge in [-0.15, -0.1) is 0 Å². The molecule has 0 saturated carbocycles. The quantitative estimate of drug-likeness (QED) is 0.624. The molecule has 106 valence electrons. The van der Waals surface area contributed by atoms with Crippen LogP contribution in [0.5, 0.6) is 0 Å². The summed E-state index contributed by atoms with van der Waals surface area (Å²) in [5.74, 6) is -0.662. The highest BCUT2D eigenvalue weighted by Gasteiger charge is 2.30. The Bertz CT molecular complexity index is 450. The number of rotatable bonds is 6. The monoisotopic (exact) mass is 305 g/mol. The molecule has 0 aromatic heterocycles. The van der Waals surface area contributed by atoms with E-state index in [4.69, 9.17) is 23.2 Å². The van der Waals surface area contributed by atoms with E-state index in [1.807, 2.05) is 6.07 Å². The van der Waals surface area contributed by atoms with E-state index < -0.39 is 11.6 Å². The fourth-order valence-electron chi connectivity index (χ4n) is 1.57. The minimum Gasteiger partial charge on any atom is -0.467 e. The van der Waals surface area contributed by atoms with Gasteiger partial charge in [-0.1, -0.05) is 29.3 Å². The molecule has 1 rings (SSSR count). The molecule has 2 N–H and O–H groups in total. The molecule has 0 aliphatic rings. The van der Waals surface area contributed by atoms with Crippen molar-refractivity contribution in [2.45, 2.75) is 18.9 Å². The average molecular weight is 306 g/mol. The summed E-state index contributed by atoms with van der Waals surface area (Å²) in [6.07, 6.45) is 0.674. The Morgan fingerprint density at radius 1 is 1.47 bits per heavy atom. The van der Waals surface area contributed by atoms with E-state index in [0.717, 1.165) is 5.56 Å². The van der Waals surface area contributed by atoms with Crippen molar-refractivity contribution < 1.29 is 14.6 Å². The van der Waals surface area contributed by atoms with E-state index in [2.05, 4.69) is 10.1 Å². The summed E-state index contributed by atoms with van der Waals surface area (Å²) in [4.78, 5) is 11.2. The Morgan fingerprint density at radius 2 is 2.16 bits per heavy atom. The third-order valence-corrected chi connectivity index (χ3v) is 3.27. The van der Waals surface area contributed by atoms with Gasteiger partial charge >= 0.3 is 5.97 Å². The van der Waals surface area contributed by atoms with E-state index in [1.54, 1.807) is 12.1 Å². The van der Waals surface area contributed by atoms with E-state index >= 15 is 0 Å². The second-order valence-electron chi connectivity index (χ2n) is 4.43. The van der Waals surface area contributed by atoms with Crippen molar-refractivity contribution in [2.75, 3.05) is 20.2 Å². The van der Waals surface area contributed by atoms with Crippen LogP contribution in [0, 0.1) is 0 Å². The molecule has 0 radical (unpaired) electrons. The molecular weight excluding hydrogens is 289 g/mol. The molecule has 6 heteroatoms. The third kappa shape index (κ3) is 4.99. The summed E-state index contributed by atoms with van der Waals surface area (Å²) in [5.41, 5.74) is -0.574. The van der Waals surface area contributed by atoms with Gasteiger partial charge in [0.15, 0.2) is 5.60 Å². The predicted octanol–water partition coefficient (Wildman–Crippen LogP) is 2.05. The van der Waals surface area contributed by atoms with Gasteiger partial charge < -0.3 is 15.2 Å². The molecule has 0 heterocycles. The van der Waals surface area contributed by atoms with E-state index in [1.165, 1.54) is 14.0 Å². The van der Waals surface area contributed by atoms with E-state index in [9.17, 15) is 9.90 Å². The van der Waals surface area contributed by atoms with Crippen LogP contribution in [0.3, 0.4) is 0 Å². The molecule has 19 heavy (non-hydrogen) atoms. The van der Waals surface area contributed by atoms with Gasteiger partial charge in [0.1, 0.15) is 0 Å². The van der Waals surface area contributed by atoms with Crippen LogP contribution in [-0.4, -0.2) is 36.9 Å². The first-order valence-corrected chi connectivity index (χ1v) is 6.58. The van der Waals surface area contributed by atoms with Crippen molar-refractivity contribution in [3.05, 3.63) is 33.8 Å². The Labute approximate surface area is 122 Å². The lowest BCUT2D eigenvalue weighted by Gasteiger charge is -2.20. The first kappa shape index (κ1) is 16.2. The second kappa shape index (κ2) is 7.10. The van der Waals surface area contributed by atoms with Crippen LogP contribution in [0.15, 0.2) is 18.2 Å².